The molecule has 0 amide bonds. The summed E-state index contributed by atoms with van der Waals surface area (Å²) in [4.78, 5) is 21.4. The van der Waals surface area contributed by atoms with Gasteiger partial charge >= 0.3 is 0 Å². The van der Waals surface area contributed by atoms with Crippen molar-refractivity contribution in [3.63, 3.8) is 0 Å². The molecule has 1 rings (SSSR count). The molecule has 4 nitrogen and oxygen atoms in total. The summed E-state index contributed by atoms with van der Waals surface area (Å²) in [5, 5.41) is 10.7. The van der Waals surface area contributed by atoms with E-state index in [-0.39, 0.29) is 11.5 Å². The highest BCUT2D eigenvalue weighted by atomic mass is 79.9. The van der Waals surface area contributed by atoms with Crippen molar-refractivity contribution < 1.29 is 9.72 Å². The molecule has 84 valence electrons. The zero-order valence-corrected chi connectivity index (χ0v) is 11.4. The summed E-state index contributed by atoms with van der Waals surface area (Å²) in [5.41, 5.74) is 0.779. The Bertz CT molecular complexity index is 479. The second kappa shape index (κ2) is 5.36. The highest BCUT2D eigenvalue weighted by molar-refractivity contribution is 9.28. The smallest absolute Gasteiger partial charge is 0.276 e. The molecule has 0 N–H and O–H groups in total. The fourth-order valence-corrected chi connectivity index (χ4v) is 1.67. The highest BCUT2D eigenvalue weighted by Gasteiger charge is 2.13. The van der Waals surface area contributed by atoms with Crippen LogP contribution in [0.2, 0.25) is 0 Å². The molecule has 6 heteroatoms. The van der Waals surface area contributed by atoms with Crippen LogP contribution in [0.3, 0.4) is 0 Å². The summed E-state index contributed by atoms with van der Waals surface area (Å²) in [7, 11) is 0. The lowest BCUT2D eigenvalue weighted by atomic mass is 10.1. The first-order valence-corrected chi connectivity index (χ1v) is 5.82. The maximum atomic E-state index is 11.2. The number of nitro groups is 1. The van der Waals surface area contributed by atoms with Crippen LogP contribution in [-0.4, -0.2) is 10.7 Å². The van der Waals surface area contributed by atoms with Crippen molar-refractivity contribution in [1.29, 1.82) is 0 Å². The summed E-state index contributed by atoms with van der Waals surface area (Å²) in [5.74, 6) is -0.129. The van der Waals surface area contributed by atoms with Crippen molar-refractivity contribution in [1.82, 2.24) is 0 Å². The molecule has 16 heavy (non-hydrogen) atoms. The van der Waals surface area contributed by atoms with Crippen molar-refractivity contribution in [2.75, 3.05) is 0 Å². The maximum Gasteiger partial charge on any atom is 0.276 e. The number of benzene rings is 1. The van der Waals surface area contributed by atoms with Crippen LogP contribution in [0.5, 0.6) is 0 Å². The molecule has 0 spiro atoms. The third-order valence-electron chi connectivity index (χ3n) is 1.90. The zero-order chi connectivity index (χ0) is 12.3. The minimum atomic E-state index is -0.487. The van der Waals surface area contributed by atoms with Crippen molar-refractivity contribution >= 4 is 49.4 Å². The summed E-state index contributed by atoms with van der Waals surface area (Å²) >= 11 is 6.25. The number of Topliss-reactive ketones (excluding diaryl/α,β-unsaturated/α-hetero) is 1. The number of halogens is 2. The Labute approximate surface area is 109 Å². The minimum absolute atomic E-state index is 0.0404. The topological polar surface area (TPSA) is 60.2 Å². The van der Waals surface area contributed by atoms with Crippen LogP contribution in [0.1, 0.15) is 22.8 Å². The lowest BCUT2D eigenvalue weighted by Gasteiger charge is -2.00. The monoisotopic (exact) mass is 347 g/mol. The number of ketones is 1. The van der Waals surface area contributed by atoms with E-state index >= 15 is 0 Å². The molecular weight excluding hydrogens is 342 g/mol. The third kappa shape index (κ3) is 3.24. The first kappa shape index (κ1) is 13.1. The van der Waals surface area contributed by atoms with Gasteiger partial charge in [0.05, 0.1) is 13.9 Å². The lowest BCUT2D eigenvalue weighted by molar-refractivity contribution is -0.385. The quantitative estimate of drug-likeness (QED) is 0.473. The molecule has 0 atom stereocenters. The number of carbonyl (C=O) groups is 1. The van der Waals surface area contributed by atoms with Gasteiger partial charge in [-0.15, -0.1) is 0 Å². The van der Waals surface area contributed by atoms with Gasteiger partial charge in [0, 0.05) is 11.6 Å². The van der Waals surface area contributed by atoms with E-state index in [0.717, 1.165) is 0 Å². The average molecular weight is 349 g/mol. The van der Waals surface area contributed by atoms with Crippen LogP contribution in [0, 0.1) is 10.1 Å². The Morgan fingerprint density at radius 1 is 1.44 bits per heavy atom. The zero-order valence-electron chi connectivity index (χ0n) is 8.24. The average Bonchev–Trinajstić information content (AvgIpc) is 2.15. The molecule has 0 saturated heterocycles. The van der Waals surface area contributed by atoms with Gasteiger partial charge < -0.3 is 0 Å². The number of hydrogen-bond donors (Lipinski definition) is 0. The minimum Gasteiger partial charge on any atom is -0.295 e. The van der Waals surface area contributed by atoms with Gasteiger partial charge in [0.25, 0.3) is 5.69 Å². The Balaban J connectivity index is 3.38. The summed E-state index contributed by atoms with van der Waals surface area (Å²) in [6, 6.07) is 4.26. The summed E-state index contributed by atoms with van der Waals surface area (Å²) < 4.78 is 0.573. The molecule has 0 heterocycles. The molecule has 0 aliphatic carbocycles. The van der Waals surface area contributed by atoms with E-state index in [1.165, 1.54) is 31.2 Å². The van der Waals surface area contributed by atoms with Crippen LogP contribution in [0.25, 0.3) is 6.08 Å². The second-order valence-corrected chi connectivity index (χ2v) is 5.79. The van der Waals surface area contributed by atoms with E-state index < -0.39 is 4.92 Å². The molecule has 0 saturated carbocycles. The molecule has 0 bridgehead atoms. The first-order chi connectivity index (χ1) is 7.41. The summed E-state index contributed by atoms with van der Waals surface area (Å²) in [6.07, 6.45) is 1.53. The van der Waals surface area contributed by atoms with E-state index in [0.29, 0.717) is 14.5 Å². The predicted molar refractivity (Wildman–Crippen MR) is 68.9 cm³/mol. The van der Waals surface area contributed by atoms with Gasteiger partial charge in [-0.05, 0) is 57.0 Å². The van der Waals surface area contributed by atoms with Crippen molar-refractivity contribution in [3.8, 4) is 0 Å². The SMILES string of the molecule is CC(=O)c1ccc([N+](=O)[O-])c(C=C(Br)Br)c1. The fourth-order valence-electron chi connectivity index (χ4n) is 1.17. The number of carbonyl (C=O) groups excluding carboxylic acids is 1. The van der Waals surface area contributed by atoms with E-state index in [4.69, 9.17) is 0 Å². The van der Waals surface area contributed by atoms with Gasteiger partial charge in [-0.1, -0.05) is 0 Å². The molecule has 0 unspecified atom stereocenters. The molecule has 0 radical (unpaired) electrons. The van der Waals surface area contributed by atoms with E-state index in [1.54, 1.807) is 0 Å². The Kier molecular flexibility index (Phi) is 4.37. The Morgan fingerprint density at radius 3 is 2.50 bits per heavy atom. The normalized spacial score (nSPS) is 9.69. The molecule has 0 fully saturated rings. The molecule has 1 aromatic rings. The number of hydrogen-bond acceptors (Lipinski definition) is 3. The number of nitro benzene ring substituents is 1. The van der Waals surface area contributed by atoms with Crippen LogP contribution < -0.4 is 0 Å². The van der Waals surface area contributed by atoms with Crippen molar-refractivity contribution in [2.45, 2.75) is 6.92 Å². The molecule has 0 aliphatic heterocycles. The van der Waals surface area contributed by atoms with Gasteiger partial charge in [0.1, 0.15) is 0 Å². The van der Waals surface area contributed by atoms with Crippen LogP contribution in [0.15, 0.2) is 21.6 Å². The largest absolute Gasteiger partial charge is 0.295 e. The Morgan fingerprint density at radius 2 is 2.06 bits per heavy atom. The van der Waals surface area contributed by atoms with Gasteiger partial charge in [0.15, 0.2) is 5.78 Å². The van der Waals surface area contributed by atoms with Crippen LogP contribution in [-0.2, 0) is 0 Å². The van der Waals surface area contributed by atoms with Gasteiger partial charge in [0.2, 0.25) is 0 Å². The lowest BCUT2D eigenvalue weighted by Crippen LogP contribution is -1.96. The van der Waals surface area contributed by atoms with Crippen molar-refractivity contribution in [3.05, 3.63) is 42.8 Å². The van der Waals surface area contributed by atoms with Gasteiger partial charge in [-0.2, -0.15) is 0 Å². The van der Waals surface area contributed by atoms with Gasteiger partial charge in [-0.3, -0.25) is 14.9 Å². The Hall–Kier alpha value is -1.01. The van der Waals surface area contributed by atoms with Crippen molar-refractivity contribution in [2.24, 2.45) is 0 Å². The molecule has 0 aliphatic rings. The van der Waals surface area contributed by atoms with Crippen LogP contribution in [0.4, 0.5) is 5.69 Å². The first-order valence-electron chi connectivity index (χ1n) is 4.24. The third-order valence-corrected chi connectivity index (χ3v) is 2.35. The summed E-state index contributed by atoms with van der Waals surface area (Å²) in [6.45, 7) is 1.41. The fraction of sp³-hybridized carbons (Fsp3) is 0.100. The molecule has 1 aromatic carbocycles. The molecule has 0 aromatic heterocycles. The maximum absolute atomic E-state index is 11.2. The van der Waals surface area contributed by atoms with Gasteiger partial charge in [-0.25, -0.2) is 0 Å². The van der Waals surface area contributed by atoms with E-state index in [9.17, 15) is 14.9 Å². The van der Waals surface area contributed by atoms with E-state index in [1.807, 2.05) is 0 Å². The molecular formula is C10H7Br2NO3. The number of nitrogens with zero attached hydrogens (tertiary/aromatic N) is 1. The second-order valence-electron chi connectivity index (χ2n) is 3.02. The predicted octanol–water partition coefficient (Wildman–Crippen LogP) is 3.89. The van der Waals surface area contributed by atoms with E-state index in [2.05, 4.69) is 31.9 Å². The standard InChI is InChI=1S/C10H7Br2NO3/c1-6(14)7-2-3-9(13(15)16)8(4-7)5-10(11)12/h2-5H,1H3. The van der Waals surface area contributed by atoms with Crippen LogP contribution >= 0.6 is 31.9 Å². The highest BCUT2D eigenvalue weighted by Crippen LogP contribution is 2.26. The number of rotatable bonds is 3.